The van der Waals surface area contributed by atoms with Crippen LogP contribution in [0.15, 0.2) is 35.5 Å². The van der Waals surface area contributed by atoms with Gasteiger partial charge in [0.05, 0.1) is 24.1 Å². The molecule has 0 bridgehead atoms. The lowest BCUT2D eigenvalue weighted by molar-refractivity contribution is -0.136. The molecule has 0 aromatic heterocycles. The average Bonchev–Trinajstić information content (AvgIpc) is 3.21. The second-order valence-electron chi connectivity index (χ2n) is 6.94. The third-order valence-electron chi connectivity index (χ3n) is 6.10. The zero-order valence-electron chi connectivity index (χ0n) is 13.0. The second-order valence-corrected chi connectivity index (χ2v) is 6.94. The normalized spacial score (nSPS) is 33.3. The van der Waals surface area contributed by atoms with Crippen molar-refractivity contribution >= 4 is 17.6 Å². The Labute approximate surface area is 134 Å². The van der Waals surface area contributed by atoms with Crippen molar-refractivity contribution < 1.29 is 14.3 Å². The van der Waals surface area contributed by atoms with E-state index < -0.39 is 0 Å². The van der Waals surface area contributed by atoms with Crippen LogP contribution < -0.4 is 5.32 Å². The Balaban J connectivity index is 1.79. The molecule has 5 nitrogen and oxygen atoms in total. The first-order chi connectivity index (χ1) is 11.2. The molecule has 0 radical (unpaired) electrons. The van der Waals surface area contributed by atoms with E-state index in [1.807, 2.05) is 17.0 Å². The van der Waals surface area contributed by atoms with Gasteiger partial charge < -0.3 is 15.0 Å². The van der Waals surface area contributed by atoms with Crippen LogP contribution in [0.25, 0.3) is 0 Å². The highest BCUT2D eigenvalue weighted by atomic mass is 16.5. The summed E-state index contributed by atoms with van der Waals surface area (Å²) < 4.78 is 5.04. The van der Waals surface area contributed by atoms with E-state index in [2.05, 4.69) is 17.4 Å². The van der Waals surface area contributed by atoms with Gasteiger partial charge >= 0.3 is 5.97 Å². The Kier molecular flexibility index (Phi) is 2.38. The number of rotatable bonds is 1. The minimum absolute atomic E-state index is 0.176. The molecule has 1 spiro atoms. The number of nitrogens with one attached hydrogen (secondary N) is 1. The Morgan fingerprint density at radius 3 is 3.00 bits per heavy atom. The van der Waals surface area contributed by atoms with Crippen molar-refractivity contribution in [2.45, 2.75) is 30.7 Å². The number of ether oxygens (including phenoxy) is 1. The van der Waals surface area contributed by atoms with Crippen LogP contribution in [0.4, 0.5) is 5.69 Å². The smallest absolute Gasteiger partial charge is 0.335 e. The van der Waals surface area contributed by atoms with E-state index in [0.717, 1.165) is 29.9 Å². The molecule has 2 fully saturated rings. The fourth-order valence-corrected chi connectivity index (χ4v) is 5.37. The van der Waals surface area contributed by atoms with Crippen LogP contribution >= 0.6 is 0 Å². The Morgan fingerprint density at radius 1 is 1.35 bits per heavy atom. The molecule has 1 amide bonds. The number of para-hydroxylation sites is 1. The topological polar surface area (TPSA) is 58.6 Å². The number of benzene rings is 1. The lowest BCUT2D eigenvalue weighted by Gasteiger charge is -2.41. The fraction of sp³-hybridized carbons (Fsp3) is 0.444. The molecule has 1 N–H and O–H groups in total. The van der Waals surface area contributed by atoms with Crippen LogP contribution in [0, 0.1) is 5.92 Å². The SMILES string of the molecule is COC(=O)C1=C2Nc3ccccc3C23CCN2C(=O)CC(C1)C23. The summed E-state index contributed by atoms with van der Waals surface area (Å²) in [6.07, 6.45) is 2.04. The third kappa shape index (κ3) is 1.39. The van der Waals surface area contributed by atoms with Crippen molar-refractivity contribution in [3.05, 3.63) is 41.1 Å². The van der Waals surface area contributed by atoms with Crippen LogP contribution in [0.3, 0.4) is 0 Å². The molecule has 23 heavy (non-hydrogen) atoms. The number of fused-ring (bicyclic) bond motifs is 1. The van der Waals surface area contributed by atoms with Gasteiger partial charge in [0.15, 0.2) is 0 Å². The number of hydrogen-bond acceptors (Lipinski definition) is 4. The summed E-state index contributed by atoms with van der Waals surface area (Å²) in [4.78, 5) is 26.8. The Bertz CT molecular complexity index is 784. The van der Waals surface area contributed by atoms with Crippen LogP contribution in [0.1, 0.15) is 24.8 Å². The number of amides is 1. The van der Waals surface area contributed by atoms with Crippen LogP contribution in [-0.2, 0) is 19.7 Å². The minimum atomic E-state index is -0.268. The molecule has 3 aliphatic heterocycles. The lowest BCUT2D eigenvalue weighted by atomic mass is 9.64. The van der Waals surface area contributed by atoms with Crippen molar-refractivity contribution in [3.63, 3.8) is 0 Å². The van der Waals surface area contributed by atoms with Gasteiger partial charge in [-0.2, -0.15) is 0 Å². The van der Waals surface area contributed by atoms with Crippen molar-refractivity contribution in [2.75, 3.05) is 19.0 Å². The van der Waals surface area contributed by atoms with Crippen molar-refractivity contribution in [2.24, 2.45) is 5.92 Å². The van der Waals surface area contributed by atoms with E-state index in [9.17, 15) is 9.59 Å². The van der Waals surface area contributed by atoms with E-state index in [0.29, 0.717) is 12.8 Å². The molecule has 1 aromatic carbocycles. The first-order valence-electron chi connectivity index (χ1n) is 8.15. The molecule has 3 atom stereocenters. The molecule has 0 saturated carbocycles. The summed E-state index contributed by atoms with van der Waals surface area (Å²) in [6.45, 7) is 0.772. The number of anilines is 1. The van der Waals surface area contributed by atoms with Gasteiger partial charge in [0.2, 0.25) is 5.91 Å². The van der Waals surface area contributed by atoms with Gasteiger partial charge in [-0.1, -0.05) is 18.2 Å². The lowest BCUT2D eigenvalue weighted by Crippen LogP contribution is -2.47. The quantitative estimate of drug-likeness (QED) is 0.804. The van der Waals surface area contributed by atoms with Gasteiger partial charge in [-0.15, -0.1) is 0 Å². The highest BCUT2D eigenvalue weighted by Gasteiger charge is 2.64. The first-order valence-corrected chi connectivity index (χ1v) is 8.15. The van der Waals surface area contributed by atoms with Crippen LogP contribution in [0.5, 0.6) is 0 Å². The molecule has 5 rings (SSSR count). The molecule has 2 saturated heterocycles. The summed E-state index contributed by atoms with van der Waals surface area (Å²) in [5, 5.41) is 3.49. The third-order valence-corrected chi connectivity index (χ3v) is 6.10. The van der Waals surface area contributed by atoms with Crippen molar-refractivity contribution in [3.8, 4) is 0 Å². The number of carbonyl (C=O) groups is 2. The summed E-state index contributed by atoms with van der Waals surface area (Å²) in [6, 6.07) is 8.41. The summed E-state index contributed by atoms with van der Waals surface area (Å²) in [7, 11) is 1.43. The zero-order valence-corrected chi connectivity index (χ0v) is 13.0. The zero-order chi connectivity index (χ0) is 15.8. The molecular weight excluding hydrogens is 292 g/mol. The minimum Gasteiger partial charge on any atom is -0.466 e. The Morgan fingerprint density at radius 2 is 2.17 bits per heavy atom. The van der Waals surface area contributed by atoms with Gasteiger partial charge in [-0.3, -0.25) is 4.79 Å². The maximum Gasteiger partial charge on any atom is 0.335 e. The number of esters is 1. The number of methoxy groups -OCH3 is 1. The predicted octanol–water partition coefficient (Wildman–Crippen LogP) is 1.80. The van der Waals surface area contributed by atoms with Crippen LogP contribution in [0.2, 0.25) is 0 Å². The molecule has 4 aliphatic rings. The van der Waals surface area contributed by atoms with E-state index in [1.165, 1.54) is 12.7 Å². The van der Waals surface area contributed by atoms with Crippen molar-refractivity contribution in [1.29, 1.82) is 0 Å². The van der Waals surface area contributed by atoms with E-state index in [-0.39, 0.29) is 29.3 Å². The van der Waals surface area contributed by atoms with Gasteiger partial charge in [-0.05, 0) is 30.4 Å². The monoisotopic (exact) mass is 310 g/mol. The van der Waals surface area contributed by atoms with E-state index >= 15 is 0 Å². The summed E-state index contributed by atoms with van der Waals surface area (Å²) >= 11 is 0. The van der Waals surface area contributed by atoms with E-state index in [1.54, 1.807) is 0 Å². The highest BCUT2D eigenvalue weighted by Crippen LogP contribution is 2.61. The summed E-state index contributed by atoms with van der Waals surface area (Å²) in [5.41, 5.74) is 3.73. The molecule has 118 valence electrons. The molecule has 5 heteroatoms. The Hall–Kier alpha value is -2.30. The number of nitrogens with zero attached hydrogens (tertiary/aromatic N) is 1. The number of hydrogen-bond donors (Lipinski definition) is 1. The summed E-state index contributed by atoms with van der Waals surface area (Å²) in [5.74, 6) is 0.165. The van der Waals surface area contributed by atoms with E-state index in [4.69, 9.17) is 4.74 Å². The van der Waals surface area contributed by atoms with Crippen molar-refractivity contribution in [1.82, 2.24) is 4.90 Å². The van der Waals surface area contributed by atoms with Gasteiger partial charge in [0.1, 0.15) is 0 Å². The fourth-order valence-electron chi connectivity index (χ4n) is 5.37. The average molecular weight is 310 g/mol. The highest BCUT2D eigenvalue weighted by molar-refractivity contribution is 5.94. The first kappa shape index (κ1) is 13.2. The van der Waals surface area contributed by atoms with Gasteiger partial charge in [0.25, 0.3) is 0 Å². The largest absolute Gasteiger partial charge is 0.466 e. The predicted molar refractivity (Wildman–Crippen MR) is 83.6 cm³/mol. The second kappa shape index (κ2) is 4.16. The molecular formula is C18H18N2O3. The number of carbonyl (C=O) groups excluding carboxylic acids is 2. The standard InChI is InChI=1S/C18H18N2O3/c1-23-17(22)11-8-10-9-14(21)20-7-6-18(16(10)20)12-4-2-3-5-13(12)19-15(11)18/h2-5,10,16,19H,6-9H2,1H3. The van der Waals surface area contributed by atoms with Gasteiger partial charge in [0, 0.05) is 24.4 Å². The maximum atomic E-state index is 12.4. The molecule has 3 heterocycles. The van der Waals surface area contributed by atoms with Crippen LogP contribution in [-0.4, -0.2) is 36.5 Å². The molecule has 1 aliphatic carbocycles. The molecule has 1 aromatic rings. The molecule has 3 unspecified atom stereocenters. The maximum absolute atomic E-state index is 12.4. The van der Waals surface area contributed by atoms with Gasteiger partial charge in [-0.25, -0.2) is 4.79 Å².